The molecule has 7 nitrogen and oxygen atoms in total. The van der Waals surface area contributed by atoms with E-state index in [1.165, 1.54) is 23.5 Å². The van der Waals surface area contributed by atoms with Crippen LogP contribution in [0.15, 0.2) is 124 Å². The first-order valence-electron chi connectivity index (χ1n) is 14.6. The first kappa shape index (κ1) is 34.1. The van der Waals surface area contributed by atoms with E-state index < -0.39 is 21.4 Å². The van der Waals surface area contributed by atoms with Crippen LogP contribution in [0.2, 0.25) is 0 Å². The molecule has 0 atom stereocenters. The Morgan fingerprint density at radius 2 is 1.09 bits per heavy atom. The smallest absolute Gasteiger partial charge is 0.319 e. The zero-order valence-corrected chi connectivity index (χ0v) is 29.4. The molecule has 0 amide bonds. The maximum absolute atomic E-state index is 11.5. The van der Waals surface area contributed by atoms with Crippen molar-refractivity contribution in [3.05, 3.63) is 114 Å². The van der Waals surface area contributed by atoms with Gasteiger partial charge in [-0.15, -0.1) is 23.5 Å². The van der Waals surface area contributed by atoms with Crippen molar-refractivity contribution < 1.29 is 19.8 Å². The van der Waals surface area contributed by atoms with Crippen molar-refractivity contribution in [1.82, 2.24) is 15.0 Å². The second-order valence-electron chi connectivity index (χ2n) is 11.6. The number of rotatable bonds is 8. The lowest BCUT2D eigenvalue weighted by Crippen LogP contribution is -2.27. The summed E-state index contributed by atoms with van der Waals surface area (Å²) in [6, 6.07) is 25.8. The Kier molecular flexibility index (Phi) is 10.3. The van der Waals surface area contributed by atoms with Gasteiger partial charge in [-0.2, -0.15) is 0 Å². The van der Waals surface area contributed by atoms with Crippen LogP contribution < -0.4 is 0 Å². The lowest BCUT2D eigenvalue weighted by atomic mass is 9.99. The lowest BCUT2D eigenvalue weighted by Gasteiger charge is -2.20. The summed E-state index contributed by atoms with van der Waals surface area (Å²) >= 11 is 6.25. The zero-order valence-electron chi connectivity index (χ0n) is 26.1. The largest absolute Gasteiger partial charge is 0.480 e. The molecule has 3 heterocycles. The summed E-state index contributed by atoms with van der Waals surface area (Å²) in [5.41, 5.74) is 4.83. The number of pyridine rings is 3. The van der Waals surface area contributed by atoms with Gasteiger partial charge in [0, 0.05) is 61.8 Å². The van der Waals surface area contributed by atoms with E-state index >= 15 is 0 Å². The number of nitrogens with zero attached hydrogens (tertiary/aromatic N) is 3. The SMILES string of the molecule is CC(C)(Sc1ccncc1-c1ccc(Br)c2ccccc12)C(=O)O.CC(C)(Sc1ccncc1-c1ccnc2ccccc12)C(=O)O. The van der Waals surface area contributed by atoms with Gasteiger partial charge in [0.1, 0.15) is 9.49 Å². The van der Waals surface area contributed by atoms with Crippen LogP contribution in [0, 0.1) is 0 Å². The average molecular weight is 727 g/mol. The van der Waals surface area contributed by atoms with Crippen LogP contribution in [0.1, 0.15) is 27.7 Å². The summed E-state index contributed by atoms with van der Waals surface area (Å²) in [5, 5.41) is 22.1. The number of benzene rings is 3. The molecule has 0 spiro atoms. The Hall–Kier alpha value is -4.25. The van der Waals surface area contributed by atoms with Gasteiger partial charge in [0.2, 0.25) is 0 Å². The molecule has 0 radical (unpaired) electrons. The molecule has 0 unspecified atom stereocenters. The molecule has 2 N–H and O–H groups in total. The first-order chi connectivity index (χ1) is 22.4. The number of halogens is 1. The zero-order chi connectivity index (χ0) is 33.8. The molecule has 6 rings (SSSR count). The number of hydrogen-bond donors (Lipinski definition) is 2. The van der Waals surface area contributed by atoms with Crippen molar-refractivity contribution in [2.24, 2.45) is 0 Å². The van der Waals surface area contributed by atoms with Gasteiger partial charge in [-0.05, 0) is 79.9 Å². The molecule has 0 fully saturated rings. The maximum Gasteiger partial charge on any atom is 0.319 e. The average Bonchev–Trinajstić information content (AvgIpc) is 3.05. The summed E-state index contributed by atoms with van der Waals surface area (Å²) < 4.78 is -0.800. The first-order valence-corrected chi connectivity index (χ1v) is 17.1. The number of carboxylic acids is 2. The number of hydrogen-bond acceptors (Lipinski definition) is 7. The van der Waals surface area contributed by atoms with Crippen molar-refractivity contribution in [3.8, 4) is 22.3 Å². The van der Waals surface area contributed by atoms with Crippen LogP contribution in [0.3, 0.4) is 0 Å². The van der Waals surface area contributed by atoms with Crippen LogP contribution in [0.25, 0.3) is 43.9 Å². The fraction of sp³-hybridized carbons (Fsp3) is 0.162. The van der Waals surface area contributed by atoms with E-state index in [9.17, 15) is 19.8 Å². The summed E-state index contributed by atoms with van der Waals surface area (Å²) in [4.78, 5) is 37.6. The summed E-state index contributed by atoms with van der Waals surface area (Å²) in [5.74, 6) is -1.68. The Morgan fingerprint density at radius 3 is 1.64 bits per heavy atom. The minimum Gasteiger partial charge on any atom is -0.480 e. The van der Waals surface area contributed by atoms with Crippen molar-refractivity contribution in [2.75, 3.05) is 0 Å². The van der Waals surface area contributed by atoms with E-state index in [1.807, 2.05) is 66.7 Å². The highest BCUT2D eigenvalue weighted by Crippen LogP contribution is 2.42. The third-order valence-electron chi connectivity index (χ3n) is 7.42. The van der Waals surface area contributed by atoms with E-state index in [1.54, 1.807) is 58.7 Å². The van der Waals surface area contributed by atoms with Crippen molar-refractivity contribution in [1.29, 1.82) is 0 Å². The highest BCUT2D eigenvalue weighted by Gasteiger charge is 2.31. The van der Waals surface area contributed by atoms with Gasteiger partial charge < -0.3 is 10.2 Å². The number of carboxylic acid groups (broad SMARTS) is 2. The lowest BCUT2D eigenvalue weighted by molar-refractivity contribution is -0.139. The number of thioether (sulfide) groups is 2. The number of carbonyl (C=O) groups is 2. The van der Waals surface area contributed by atoms with Crippen LogP contribution in [-0.2, 0) is 9.59 Å². The number of para-hydroxylation sites is 1. The molecule has 0 aliphatic carbocycles. The van der Waals surface area contributed by atoms with Gasteiger partial charge >= 0.3 is 11.9 Å². The third-order valence-corrected chi connectivity index (χ3v) is 10.6. The number of fused-ring (bicyclic) bond motifs is 2. The molecule has 238 valence electrons. The third kappa shape index (κ3) is 7.67. The minimum absolute atomic E-state index is 0.837. The highest BCUT2D eigenvalue weighted by molar-refractivity contribution is 9.10. The second-order valence-corrected chi connectivity index (χ2v) is 15.8. The predicted molar refractivity (Wildman–Crippen MR) is 195 cm³/mol. The number of aromatic nitrogens is 3. The molecule has 0 aliphatic heterocycles. The molecule has 0 bridgehead atoms. The summed E-state index contributed by atoms with van der Waals surface area (Å²) in [7, 11) is 0. The van der Waals surface area contributed by atoms with Crippen LogP contribution in [0.4, 0.5) is 0 Å². The van der Waals surface area contributed by atoms with Gasteiger partial charge in [0.05, 0.1) is 5.52 Å². The summed E-state index contributed by atoms with van der Waals surface area (Å²) in [6.45, 7) is 6.83. The van der Waals surface area contributed by atoms with E-state index in [0.29, 0.717) is 0 Å². The van der Waals surface area contributed by atoms with Gasteiger partial charge in [-0.1, -0.05) is 64.5 Å². The molecule has 3 aromatic heterocycles. The van der Waals surface area contributed by atoms with E-state index in [4.69, 9.17) is 0 Å². The van der Waals surface area contributed by atoms with Gasteiger partial charge in [-0.25, -0.2) is 0 Å². The minimum atomic E-state index is -0.918. The Morgan fingerprint density at radius 1 is 0.596 bits per heavy atom. The van der Waals surface area contributed by atoms with Crippen molar-refractivity contribution in [3.63, 3.8) is 0 Å². The van der Waals surface area contributed by atoms with Crippen molar-refractivity contribution in [2.45, 2.75) is 47.0 Å². The van der Waals surface area contributed by atoms with Gasteiger partial charge in [0.15, 0.2) is 0 Å². The van der Waals surface area contributed by atoms with Crippen LogP contribution >= 0.6 is 39.5 Å². The van der Waals surface area contributed by atoms with E-state index in [2.05, 4.69) is 43.0 Å². The Labute approximate surface area is 290 Å². The fourth-order valence-electron chi connectivity index (χ4n) is 4.81. The molecule has 0 saturated carbocycles. The quantitative estimate of drug-likeness (QED) is 0.148. The monoisotopic (exact) mass is 725 g/mol. The standard InChI is InChI=1S/C19H16BrNO2S.C18H16N2O2S/c1-19(2,18(22)23)24-17-9-10-21-11-15(17)13-7-8-16(20)14-6-4-3-5-12(13)14;1-18(2,17(21)22)23-16-8-9-19-11-14(16)12-7-10-20-15-6-4-3-5-13(12)15/h3-11H,1-2H3,(H,22,23);3-11H,1-2H3,(H,21,22). The Bertz CT molecular complexity index is 2100. The van der Waals surface area contributed by atoms with E-state index in [0.717, 1.165) is 58.2 Å². The van der Waals surface area contributed by atoms with Crippen LogP contribution in [0.5, 0.6) is 0 Å². The molecular formula is C37H32BrN3O4S2. The van der Waals surface area contributed by atoms with E-state index in [-0.39, 0.29) is 0 Å². The predicted octanol–water partition coefficient (Wildman–Crippen LogP) is 9.87. The van der Waals surface area contributed by atoms with Crippen LogP contribution in [-0.4, -0.2) is 46.6 Å². The molecule has 6 aromatic rings. The topological polar surface area (TPSA) is 113 Å². The molecule has 47 heavy (non-hydrogen) atoms. The number of aliphatic carboxylic acids is 2. The second kappa shape index (κ2) is 14.3. The Balaban J connectivity index is 0.000000185. The summed E-state index contributed by atoms with van der Waals surface area (Å²) in [6.07, 6.45) is 8.73. The molecular weight excluding hydrogens is 694 g/mol. The molecule has 0 saturated heterocycles. The highest BCUT2D eigenvalue weighted by atomic mass is 79.9. The van der Waals surface area contributed by atoms with Crippen molar-refractivity contribution >= 4 is 73.1 Å². The molecule has 0 aliphatic rings. The van der Waals surface area contributed by atoms with Gasteiger partial charge in [0.25, 0.3) is 0 Å². The normalized spacial score (nSPS) is 11.6. The fourth-order valence-corrected chi connectivity index (χ4v) is 7.37. The molecule has 3 aromatic carbocycles. The molecule has 10 heteroatoms. The van der Waals surface area contributed by atoms with Gasteiger partial charge in [-0.3, -0.25) is 24.5 Å². The maximum atomic E-state index is 11.5.